The average molecular weight is 276 g/mol. The van der Waals surface area contributed by atoms with E-state index < -0.39 is 5.82 Å². The normalized spacial score (nSPS) is 10.1. The maximum absolute atomic E-state index is 13.2. The lowest BCUT2D eigenvalue weighted by atomic mass is 10.1. The summed E-state index contributed by atoms with van der Waals surface area (Å²) in [6.45, 7) is 3.58. The molecule has 1 aromatic heterocycles. The van der Waals surface area contributed by atoms with E-state index in [0.29, 0.717) is 27.7 Å². The third kappa shape index (κ3) is 2.83. The van der Waals surface area contributed by atoms with E-state index in [4.69, 9.17) is 16.9 Å². The van der Waals surface area contributed by atoms with Gasteiger partial charge in [0.05, 0.1) is 27.7 Å². The van der Waals surface area contributed by atoms with E-state index >= 15 is 0 Å². The predicted octanol–water partition coefficient (Wildman–Crippen LogP) is 4.11. The van der Waals surface area contributed by atoms with Crippen LogP contribution in [0.1, 0.15) is 17.0 Å². The lowest BCUT2D eigenvalue weighted by Crippen LogP contribution is -2.00. The predicted molar refractivity (Wildman–Crippen MR) is 73.1 cm³/mol. The van der Waals surface area contributed by atoms with Crippen LogP contribution < -0.4 is 5.32 Å². The first-order chi connectivity index (χ1) is 9.01. The standard InChI is InChI=1S/C14H11ClFN3/c1-8-5-13(11(7-17)9(2)18-8)19-14-6-10(16)3-4-12(14)15/h3-6H,1-2H3,(H,18,19). The van der Waals surface area contributed by atoms with Crippen molar-refractivity contribution in [1.82, 2.24) is 4.98 Å². The molecule has 0 atom stereocenters. The quantitative estimate of drug-likeness (QED) is 0.897. The second-order valence-electron chi connectivity index (χ2n) is 4.13. The van der Waals surface area contributed by atoms with Crippen LogP contribution in [-0.4, -0.2) is 4.98 Å². The number of rotatable bonds is 2. The van der Waals surface area contributed by atoms with Gasteiger partial charge in [-0.05, 0) is 38.1 Å². The average Bonchev–Trinajstić information content (AvgIpc) is 2.33. The van der Waals surface area contributed by atoms with Gasteiger partial charge in [0.1, 0.15) is 11.9 Å². The zero-order valence-corrected chi connectivity index (χ0v) is 11.2. The van der Waals surface area contributed by atoms with Crippen LogP contribution in [0.15, 0.2) is 24.3 Å². The highest BCUT2D eigenvalue weighted by Gasteiger charge is 2.10. The lowest BCUT2D eigenvalue weighted by Gasteiger charge is -2.12. The van der Waals surface area contributed by atoms with Crippen molar-refractivity contribution in [3.63, 3.8) is 0 Å². The van der Waals surface area contributed by atoms with Gasteiger partial charge in [0.15, 0.2) is 0 Å². The summed E-state index contributed by atoms with van der Waals surface area (Å²) in [7, 11) is 0. The van der Waals surface area contributed by atoms with Crippen LogP contribution in [0.5, 0.6) is 0 Å². The summed E-state index contributed by atoms with van der Waals surface area (Å²) in [5, 5.41) is 12.5. The number of nitrogens with zero attached hydrogens (tertiary/aromatic N) is 2. The van der Waals surface area contributed by atoms with Gasteiger partial charge in [0.25, 0.3) is 0 Å². The molecule has 3 nitrogen and oxygen atoms in total. The SMILES string of the molecule is Cc1cc(Nc2cc(F)ccc2Cl)c(C#N)c(C)n1. The zero-order chi connectivity index (χ0) is 14.0. The van der Waals surface area contributed by atoms with Crippen LogP contribution in [0.2, 0.25) is 5.02 Å². The Bertz CT molecular complexity index is 677. The van der Waals surface area contributed by atoms with Gasteiger partial charge >= 0.3 is 0 Å². The van der Waals surface area contributed by atoms with Crippen LogP contribution in [0, 0.1) is 31.0 Å². The molecule has 0 saturated heterocycles. The molecule has 0 saturated carbocycles. The third-order valence-electron chi connectivity index (χ3n) is 2.64. The highest BCUT2D eigenvalue weighted by molar-refractivity contribution is 6.33. The fourth-order valence-corrected chi connectivity index (χ4v) is 1.97. The number of benzene rings is 1. The largest absolute Gasteiger partial charge is 0.353 e. The number of hydrogen-bond acceptors (Lipinski definition) is 3. The molecule has 0 unspecified atom stereocenters. The molecule has 0 aliphatic carbocycles. The Hall–Kier alpha value is -2.12. The molecule has 1 N–H and O–H groups in total. The molecular weight excluding hydrogens is 265 g/mol. The number of aryl methyl sites for hydroxylation is 2. The summed E-state index contributed by atoms with van der Waals surface area (Å²) in [5.41, 5.74) is 2.80. The summed E-state index contributed by atoms with van der Waals surface area (Å²) in [6.07, 6.45) is 0. The minimum Gasteiger partial charge on any atom is -0.353 e. The van der Waals surface area contributed by atoms with Gasteiger partial charge in [-0.1, -0.05) is 11.6 Å². The first-order valence-electron chi connectivity index (χ1n) is 5.61. The molecule has 5 heteroatoms. The van der Waals surface area contributed by atoms with E-state index in [9.17, 15) is 4.39 Å². The molecule has 0 aliphatic heterocycles. The van der Waals surface area contributed by atoms with Crippen molar-refractivity contribution in [2.75, 3.05) is 5.32 Å². The Morgan fingerprint density at radius 3 is 2.68 bits per heavy atom. The molecule has 0 radical (unpaired) electrons. The maximum Gasteiger partial charge on any atom is 0.125 e. The topological polar surface area (TPSA) is 48.7 Å². The molecule has 0 spiro atoms. The third-order valence-corrected chi connectivity index (χ3v) is 2.97. The number of hydrogen-bond donors (Lipinski definition) is 1. The minimum absolute atomic E-state index is 0.386. The van der Waals surface area contributed by atoms with Crippen LogP contribution in [-0.2, 0) is 0 Å². The van der Waals surface area contributed by atoms with Gasteiger partial charge in [-0.25, -0.2) is 4.39 Å². The first kappa shape index (κ1) is 13.3. The van der Waals surface area contributed by atoms with Crippen molar-refractivity contribution in [1.29, 1.82) is 5.26 Å². The second kappa shape index (κ2) is 5.25. The summed E-state index contributed by atoms with van der Waals surface area (Å²) < 4.78 is 13.2. The van der Waals surface area contributed by atoms with Crippen molar-refractivity contribution in [3.8, 4) is 6.07 Å². The molecule has 1 aromatic carbocycles. The molecule has 0 aliphatic rings. The first-order valence-corrected chi connectivity index (χ1v) is 5.99. The van der Waals surface area contributed by atoms with Gasteiger partial charge in [0, 0.05) is 5.69 Å². The van der Waals surface area contributed by atoms with E-state index in [1.165, 1.54) is 18.2 Å². The van der Waals surface area contributed by atoms with Crippen molar-refractivity contribution < 1.29 is 4.39 Å². The van der Waals surface area contributed by atoms with Gasteiger partial charge < -0.3 is 5.32 Å². The summed E-state index contributed by atoms with van der Waals surface area (Å²) in [4.78, 5) is 4.22. The minimum atomic E-state index is -0.395. The summed E-state index contributed by atoms with van der Waals surface area (Å²) in [6, 6.07) is 7.84. The van der Waals surface area contributed by atoms with Gasteiger partial charge in [-0.3, -0.25) is 4.98 Å². The lowest BCUT2D eigenvalue weighted by molar-refractivity contribution is 0.628. The Morgan fingerprint density at radius 2 is 2.00 bits per heavy atom. The van der Waals surface area contributed by atoms with E-state index in [1.54, 1.807) is 13.0 Å². The highest BCUT2D eigenvalue weighted by Crippen LogP contribution is 2.28. The number of anilines is 2. The van der Waals surface area contributed by atoms with Crippen molar-refractivity contribution in [3.05, 3.63) is 52.1 Å². The van der Waals surface area contributed by atoms with Crippen LogP contribution in [0.3, 0.4) is 0 Å². The number of aromatic nitrogens is 1. The second-order valence-corrected chi connectivity index (χ2v) is 4.54. The Kier molecular flexibility index (Phi) is 3.68. The van der Waals surface area contributed by atoms with E-state index in [0.717, 1.165) is 5.69 Å². The fraction of sp³-hybridized carbons (Fsp3) is 0.143. The van der Waals surface area contributed by atoms with Crippen LogP contribution in [0.4, 0.5) is 15.8 Å². The molecule has 0 fully saturated rings. The van der Waals surface area contributed by atoms with E-state index in [-0.39, 0.29) is 0 Å². The molecular formula is C14H11ClFN3. The van der Waals surface area contributed by atoms with Crippen molar-refractivity contribution in [2.24, 2.45) is 0 Å². The highest BCUT2D eigenvalue weighted by atomic mass is 35.5. The molecule has 0 amide bonds. The van der Waals surface area contributed by atoms with Crippen molar-refractivity contribution >= 4 is 23.0 Å². The Balaban J connectivity index is 2.49. The van der Waals surface area contributed by atoms with Gasteiger partial charge in [-0.15, -0.1) is 0 Å². The molecule has 2 aromatic rings. The fourth-order valence-electron chi connectivity index (χ4n) is 1.81. The summed E-state index contributed by atoms with van der Waals surface area (Å²) >= 11 is 5.99. The molecule has 0 bridgehead atoms. The number of nitrogens with one attached hydrogen (secondary N) is 1. The Labute approximate surface area is 115 Å². The number of halogens is 2. The Morgan fingerprint density at radius 1 is 1.26 bits per heavy atom. The molecule has 2 rings (SSSR count). The van der Waals surface area contributed by atoms with Gasteiger partial charge in [0.2, 0.25) is 0 Å². The van der Waals surface area contributed by atoms with E-state index in [1.807, 2.05) is 6.92 Å². The van der Waals surface area contributed by atoms with Gasteiger partial charge in [-0.2, -0.15) is 5.26 Å². The number of nitriles is 1. The molecule has 96 valence electrons. The van der Waals surface area contributed by atoms with Crippen molar-refractivity contribution in [2.45, 2.75) is 13.8 Å². The number of pyridine rings is 1. The maximum atomic E-state index is 13.2. The smallest absolute Gasteiger partial charge is 0.125 e. The molecule has 19 heavy (non-hydrogen) atoms. The summed E-state index contributed by atoms with van der Waals surface area (Å²) in [5.74, 6) is -0.395. The van der Waals surface area contributed by atoms with E-state index in [2.05, 4.69) is 16.4 Å². The molecule has 1 heterocycles. The van der Waals surface area contributed by atoms with Crippen LogP contribution in [0.25, 0.3) is 0 Å². The van der Waals surface area contributed by atoms with Crippen LogP contribution >= 0.6 is 11.6 Å². The monoisotopic (exact) mass is 275 g/mol. The zero-order valence-electron chi connectivity index (χ0n) is 10.5.